The topological polar surface area (TPSA) is 79.1 Å². The van der Waals surface area contributed by atoms with E-state index in [2.05, 4.69) is 15.2 Å². The van der Waals surface area contributed by atoms with Gasteiger partial charge >= 0.3 is 6.18 Å². The zero-order chi connectivity index (χ0) is 20.8. The fourth-order valence-electron chi connectivity index (χ4n) is 2.86. The molecule has 0 aliphatic heterocycles. The van der Waals surface area contributed by atoms with Gasteiger partial charge in [-0.2, -0.15) is 18.3 Å². The Kier molecular flexibility index (Phi) is 4.58. The highest BCUT2D eigenvalue weighted by Gasteiger charge is 2.29. The summed E-state index contributed by atoms with van der Waals surface area (Å²) in [6, 6.07) is 7.39. The van der Waals surface area contributed by atoms with Crippen LogP contribution in [0.4, 0.5) is 13.2 Å². The van der Waals surface area contributed by atoms with Crippen molar-refractivity contribution in [3.63, 3.8) is 0 Å². The van der Waals surface area contributed by atoms with Crippen molar-refractivity contribution < 1.29 is 22.6 Å². The average Bonchev–Trinajstić information content (AvgIpc) is 3.26. The van der Waals surface area contributed by atoms with E-state index in [1.807, 2.05) is 19.3 Å². The molecule has 0 aliphatic rings. The molecular weight excluding hydrogens is 411 g/mol. The Morgan fingerprint density at radius 1 is 1.28 bits per heavy atom. The average molecular weight is 425 g/mol. The van der Waals surface area contributed by atoms with Crippen molar-refractivity contribution in [1.82, 2.24) is 19.7 Å². The van der Waals surface area contributed by atoms with E-state index in [0.29, 0.717) is 16.8 Å². The molecule has 3 heterocycles. The minimum absolute atomic E-state index is 0.0250. The number of halogens is 4. The Hall–Kier alpha value is -3.27. The van der Waals surface area contributed by atoms with Crippen molar-refractivity contribution in [2.75, 3.05) is 6.61 Å². The van der Waals surface area contributed by atoms with E-state index in [-0.39, 0.29) is 22.0 Å². The molecule has 0 bridgehead atoms. The molecule has 3 aromatic heterocycles. The Labute approximate surface area is 166 Å². The summed E-state index contributed by atoms with van der Waals surface area (Å²) in [6.45, 7) is -1.48. The number of fused-ring (bicyclic) bond motifs is 1. The number of ether oxygens (including phenoxy) is 1. The van der Waals surface area contributed by atoms with Gasteiger partial charge in [-0.3, -0.25) is 9.89 Å². The van der Waals surface area contributed by atoms with E-state index in [1.165, 1.54) is 22.7 Å². The van der Waals surface area contributed by atoms with Gasteiger partial charge in [0.1, 0.15) is 11.4 Å². The zero-order valence-corrected chi connectivity index (χ0v) is 15.7. The van der Waals surface area contributed by atoms with Crippen LogP contribution in [0.3, 0.4) is 0 Å². The van der Waals surface area contributed by atoms with Gasteiger partial charge in [-0.25, -0.2) is 9.50 Å². The summed E-state index contributed by atoms with van der Waals surface area (Å²) in [5, 5.41) is 5.96. The molecule has 7 nitrogen and oxygen atoms in total. The first kappa shape index (κ1) is 19.1. The van der Waals surface area contributed by atoms with Crippen molar-refractivity contribution >= 4 is 17.2 Å². The molecule has 0 saturated heterocycles. The van der Waals surface area contributed by atoms with Gasteiger partial charge in [0.05, 0.1) is 16.3 Å². The van der Waals surface area contributed by atoms with Crippen molar-refractivity contribution in [2.24, 2.45) is 7.05 Å². The van der Waals surface area contributed by atoms with E-state index in [9.17, 15) is 18.0 Å². The van der Waals surface area contributed by atoms with Crippen LogP contribution in [0.2, 0.25) is 5.02 Å². The highest BCUT2D eigenvalue weighted by atomic mass is 35.5. The Morgan fingerprint density at radius 2 is 2.07 bits per heavy atom. The van der Waals surface area contributed by atoms with Crippen LogP contribution in [0, 0.1) is 0 Å². The van der Waals surface area contributed by atoms with Crippen LogP contribution in [-0.4, -0.2) is 32.5 Å². The zero-order valence-electron chi connectivity index (χ0n) is 14.9. The van der Waals surface area contributed by atoms with Gasteiger partial charge in [-0.05, 0) is 12.1 Å². The molecule has 4 aromatic rings. The fourth-order valence-corrected chi connectivity index (χ4v) is 3.03. The number of hydrogen-bond donors (Lipinski definition) is 2. The second kappa shape index (κ2) is 6.96. The molecule has 11 heteroatoms. The summed E-state index contributed by atoms with van der Waals surface area (Å²) in [4.78, 5) is 17.0. The van der Waals surface area contributed by atoms with E-state index < -0.39 is 12.8 Å². The molecule has 0 atom stereocenters. The first-order valence-electron chi connectivity index (χ1n) is 8.37. The van der Waals surface area contributed by atoms with Crippen LogP contribution in [0.25, 0.3) is 28.2 Å². The number of H-pyrrole nitrogens is 2. The largest absolute Gasteiger partial charge is 0.483 e. The molecule has 0 aliphatic carbocycles. The molecule has 0 spiro atoms. The number of aryl methyl sites for hydroxylation is 1. The minimum atomic E-state index is -4.50. The van der Waals surface area contributed by atoms with Gasteiger partial charge in [0.25, 0.3) is 5.56 Å². The number of rotatable bonds is 4. The molecule has 150 valence electrons. The number of nitrogens with zero attached hydrogens (tertiary/aromatic N) is 3. The summed E-state index contributed by atoms with van der Waals surface area (Å²) in [5.74, 6) is -0.144. The molecular formula is C18H14ClF3N5O2+. The molecule has 2 N–H and O–H groups in total. The Balaban J connectivity index is 1.79. The van der Waals surface area contributed by atoms with Gasteiger partial charge in [0.15, 0.2) is 25.5 Å². The third-order valence-electron chi connectivity index (χ3n) is 4.17. The van der Waals surface area contributed by atoms with Gasteiger partial charge in [-0.1, -0.05) is 17.7 Å². The number of nitrogens with one attached hydrogen (secondary N) is 2. The first-order valence-corrected chi connectivity index (χ1v) is 8.75. The molecule has 0 fully saturated rings. The normalized spacial score (nSPS) is 11.9. The highest BCUT2D eigenvalue weighted by Crippen LogP contribution is 2.31. The standard InChI is InChI=1S/C18H13ClF3N5O2/c1-26-5-4-13(25-26)11-8-23-27-16(28)7-14(24-17(11)27)10-2-3-12(19)15(6-10)29-9-18(20,21)22/h2-8H,9H2,1H3,(H,23,24,25,28)/p+1. The maximum absolute atomic E-state index is 12.5. The van der Waals surface area contributed by atoms with E-state index in [0.717, 1.165) is 5.69 Å². The lowest BCUT2D eigenvalue weighted by Gasteiger charge is -2.11. The molecule has 0 radical (unpaired) electrons. The van der Waals surface area contributed by atoms with Crippen LogP contribution >= 0.6 is 11.6 Å². The maximum atomic E-state index is 12.5. The summed E-state index contributed by atoms with van der Waals surface area (Å²) < 4.78 is 45.2. The lowest BCUT2D eigenvalue weighted by atomic mass is 10.1. The number of alkyl halides is 3. The van der Waals surface area contributed by atoms with Gasteiger partial charge in [0.2, 0.25) is 0 Å². The highest BCUT2D eigenvalue weighted by molar-refractivity contribution is 6.32. The van der Waals surface area contributed by atoms with Gasteiger partial charge in [-0.15, -0.1) is 4.68 Å². The molecule has 4 rings (SSSR count). The third-order valence-corrected chi connectivity index (χ3v) is 4.48. The van der Waals surface area contributed by atoms with E-state index >= 15 is 0 Å². The molecule has 0 amide bonds. The van der Waals surface area contributed by atoms with Crippen molar-refractivity contribution in [1.29, 1.82) is 0 Å². The summed E-state index contributed by atoms with van der Waals surface area (Å²) in [7, 11) is 1.82. The summed E-state index contributed by atoms with van der Waals surface area (Å²) in [6.07, 6.45) is -1.05. The van der Waals surface area contributed by atoms with Crippen molar-refractivity contribution in [2.45, 2.75) is 6.18 Å². The summed E-state index contributed by atoms with van der Waals surface area (Å²) in [5.41, 5.74) is 2.06. The van der Waals surface area contributed by atoms with Crippen LogP contribution in [0.5, 0.6) is 5.75 Å². The fraction of sp³-hybridized carbons (Fsp3) is 0.167. The number of hydrogen-bond acceptors (Lipinski definition) is 3. The lowest BCUT2D eigenvalue weighted by molar-refractivity contribution is -0.726. The van der Waals surface area contributed by atoms with Gasteiger partial charge in [0, 0.05) is 23.9 Å². The molecule has 1 aromatic carbocycles. The number of benzene rings is 1. The third kappa shape index (κ3) is 3.83. The maximum Gasteiger partial charge on any atom is 0.422 e. The predicted molar refractivity (Wildman–Crippen MR) is 98.8 cm³/mol. The van der Waals surface area contributed by atoms with Crippen LogP contribution in [0.15, 0.2) is 47.5 Å². The molecule has 0 saturated carbocycles. The smallest absolute Gasteiger partial charge is 0.422 e. The SMILES string of the molecule is C[n+]1ccc(-c2c[nH]n3c(=O)cc(-c4ccc(Cl)c(OCC(F)(F)F)c4)nc23)[nH]1. The van der Waals surface area contributed by atoms with Crippen LogP contribution in [-0.2, 0) is 7.05 Å². The van der Waals surface area contributed by atoms with Crippen molar-refractivity contribution in [3.05, 3.63) is 58.1 Å². The predicted octanol–water partition coefficient (Wildman–Crippen LogP) is 3.10. The first-order chi connectivity index (χ1) is 13.7. The number of aromatic amines is 2. The molecule has 29 heavy (non-hydrogen) atoms. The monoisotopic (exact) mass is 424 g/mol. The van der Waals surface area contributed by atoms with E-state index in [4.69, 9.17) is 16.3 Å². The molecule has 0 unspecified atom stereocenters. The quantitative estimate of drug-likeness (QED) is 0.494. The summed E-state index contributed by atoms with van der Waals surface area (Å²) >= 11 is 5.94. The van der Waals surface area contributed by atoms with Crippen molar-refractivity contribution in [3.8, 4) is 28.3 Å². The minimum Gasteiger partial charge on any atom is -0.483 e. The number of aromatic nitrogens is 5. The Bertz CT molecular complexity index is 1260. The van der Waals surface area contributed by atoms with Gasteiger partial charge < -0.3 is 4.74 Å². The second-order valence-corrected chi connectivity index (χ2v) is 6.73. The Morgan fingerprint density at radius 3 is 2.76 bits per heavy atom. The second-order valence-electron chi connectivity index (χ2n) is 6.33. The van der Waals surface area contributed by atoms with Crippen LogP contribution < -0.4 is 15.0 Å². The lowest BCUT2D eigenvalue weighted by Crippen LogP contribution is -2.28. The van der Waals surface area contributed by atoms with Crippen LogP contribution in [0.1, 0.15) is 0 Å². The van der Waals surface area contributed by atoms with E-state index in [1.54, 1.807) is 16.9 Å².